The van der Waals surface area contributed by atoms with Crippen molar-refractivity contribution in [2.75, 3.05) is 20.1 Å². The summed E-state index contributed by atoms with van der Waals surface area (Å²) < 4.78 is 13.1. The molecule has 112 valence electrons. The number of piperidine rings is 1. The largest absolute Gasteiger partial charge is 0.305 e. The van der Waals surface area contributed by atoms with E-state index in [1.54, 1.807) is 12.1 Å². The highest BCUT2D eigenvalue weighted by Gasteiger charge is 2.29. The molecule has 0 spiro atoms. The van der Waals surface area contributed by atoms with Crippen LogP contribution in [0.15, 0.2) is 24.3 Å². The fourth-order valence-corrected chi connectivity index (χ4v) is 3.04. The number of likely N-dealkylation sites (N-methyl/N-ethyl adjacent to an activating group) is 1. The Kier molecular flexibility index (Phi) is 4.82. The molecule has 1 aromatic carbocycles. The number of hydrogen-bond acceptors (Lipinski definition) is 2. The number of likely N-dealkylation sites (tertiary alicyclic amines) is 1. The van der Waals surface area contributed by atoms with Crippen LogP contribution in [-0.2, 0) is 0 Å². The zero-order valence-electron chi connectivity index (χ0n) is 13.1. The average molecular weight is 278 g/mol. The molecule has 0 aromatic heterocycles. The van der Waals surface area contributed by atoms with Crippen LogP contribution in [0.5, 0.6) is 0 Å². The summed E-state index contributed by atoms with van der Waals surface area (Å²) in [5.74, 6) is -0.168. The van der Waals surface area contributed by atoms with Crippen LogP contribution in [0.25, 0.3) is 0 Å². The van der Waals surface area contributed by atoms with Crippen molar-refractivity contribution in [2.24, 2.45) is 5.41 Å². The van der Waals surface area contributed by atoms with Crippen LogP contribution in [0.4, 0.5) is 4.39 Å². The first-order chi connectivity index (χ1) is 9.36. The minimum atomic E-state index is -0.168. The molecular weight excluding hydrogens is 251 g/mol. The maximum absolute atomic E-state index is 13.1. The molecule has 1 aromatic rings. The van der Waals surface area contributed by atoms with Gasteiger partial charge in [-0.25, -0.2) is 4.39 Å². The van der Waals surface area contributed by atoms with E-state index in [1.165, 1.54) is 24.9 Å². The summed E-state index contributed by atoms with van der Waals surface area (Å²) in [4.78, 5) is 2.38. The van der Waals surface area contributed by atoms with Crippen LogP contribution in [-0.4, -0.2) is 31.1 Å². The minimum Gasteiger partial charge on any atom is -0.305 e. The fourth-order valence-electron chi connectivity index (χ4n) is 3.04. The van der Waals surface area contributed by atoms with E-state index < -0.39 is 0 Å². The van der Waals surface area contributed by atoms with Crippen molar-refractivity contribution in [3.8, 4) is 0 Å². The number of rotatable bonds is 3. The van der Waals surface area contributed by atoms with Crippen LogP contribution in [0.3, 0.4) is 0 Å². The van der Waals surface area contributed by atoms with Crippen LogP contribution >= 0.6 is 0 Å². The van der Waals surface area contributed by atoms with Crippen LogP contribution in [0.2, 0.25) is 0 Å². The second-order valence-electron chi connectivity index (χ2n) is 7.12. The molecule has 1 fully saturated rings. The molecule has 1 aliphatic heterocycles. The van der Waals surface area contributed by atoms with Gasteiger partial charge >= 0.3 is 0 Å². The van der Waals surface area contributed by atoms with E-state index in [2.05, 4.69) is 38.0 Å². The summed E-state index contributed by atoms with van der Waals surface area (Å²) in [7, 11) is 2.18. The van der Waals surface area contributed by atoms with Gasteiger partial charge in [0.05, 0.1) is 0 Å². The molecule has 0 bridgehead atoms. The van der Waals surface area contributed by atoms with Gasteiger partial charge in [0.15, 0.2) is 0 Å². The summed E-state index contributed by atoms with van der Waals surface area (Å²) in [5, 5.41) is 3.80. The number of halogens is 1. The van der Waals surface area contributed by atoms with Gasteiger partial charge in [-0.2, -0.15) is 0 Å². The zero-order valence-corrected chi connectivity index (χ0v) is 13.1. The van der Waals surface area contributed by atoms with Crippen LogP contribution in [0, 0.1) is 11.2 Å². The number of nitrogens with one attached hydrogen (secondary N) is 1. The third-order valence-electron chi connectivity index (χ3n) is 4.10. The Morgan fingerprint density at radius 2 is 1.90 bits per heavy atom. The molecule has 0 amide bonds. The summed E-state index contributed by atoms with van der Waals surface area (Å²) in [6.45, 7) is 8.99. The summed E-state index contributed by atoms with van der Waals surface area (Å²) in [5.41, 5.74) is 1.28. The molecule has 2 rings (SSSR count). The fraction of sp³-hybridized carbons (Fsp3) is 0.647. The van der Waals surface area contributed by atoms with Gasteiger partial charge in [-0.15, -0.1) is 0 Å². The van der Waals surface area contributed by atoms with Gasteiger partial charge in [0, 0.05) is 18.6 Å². The van der Waals surface area contributed by atoms with Crippen LogP contribution in [0.1, 0.15) is 45.2 Å². The maximum Gasteiger partial charge on any atom is 0.123 e. The molecule has 3 heteroatoms. The van der Waals surface area contributed by atoms with Crippen molar-refractivity contribution in [3.63, 3.8) is 0 Å². The zero-order chi connectivity index (χ0) is 14.8. The molecule has 20 heavy (non-hydrogen) atoms. The number of hydrogen-bond donors (Lipinski definition) is 1. The van der Waals surface area contributed by atoms with Gasteiger partial charge in [-0.3, -0.25) is 0 Å². The standard InChI is InChI=1S/C17H27FN2/c1-17(2,3)16(13-7-9-14(18)10-8-13)19-15-6-5-11-20(4)12-15/h7-10,15-16,19H,5-6,11-12H2,1-4H3. The first-order valence-corrected chi connectivity index (χ1v) is 7.56. The van der Waals surface area contributed by atoms with Crippen molar-refractivity contribution in [2.45, 2.75) is 45.7 Å². The van der Waals surface area contributed by atoms with Gasteiger partial charge in [0.2, 0.25) is 0 Å². The quantitative estimate of drug-likeness (QED) is 0.909. The Morgan fingerprint density at radius 3 is 2.45 bits per heavy atom. The highest BCUT2D eigenvalue weighted by atomic mass is 19.1. The SMILES string of the molecule is CN1CCCC(NC(c2ccc(F)cc2)C(C)(C)C)C1. The molecule has 2 nitrogen and oxygen atoms in total. The van der Waals surface area contributed by atoms with E-state index in [4.69, 9.17) is 0 Å². The number of benzene rings is 1. The predicted molar refractivity (Wildman–Crippen MR) is 82.3 cm³/mol. The second-order valence-corrected chi connectivity index (χ2v) is 7.12. The predicted octanol–water partition coefficient (Wildman–Crippen LogP) is 3.60. The van der Waals surface area contributed by atoms with Gasteiger partial charge in [-0.1, -0.05) is 32.9 Å². The first-order valence-electron chi connectivity index (χ1n) is 7.56. The Balaban J connectivity index is 2.14. The third kappa shape index (κ3) is 4.03. The Hall–Kier alpha value is -0.930. The lowest BCUT2D eigenvalue weighted by molar-refractivity contribution is 0.179. The van der Waals surface area contributed by atoms with Gasteiger partial charge in [0.1, 0.15) is 5.82 Å². The van der Waals surface area contributed by atoms with E-state index in [0.29, 0.717) is 6.04 Å². The summed E-state index contributed by atoms with van der Waals surface area (Å²) in [6.07, 6.45) is 2.46. The molecule has 0 aliphatic carbocycles. The van der Waals surface area contributed by atoms with Crippen molar-refractivity contribution in [1.29, 1.82) is 0 Å². The maximum atomic E-state index is 13.1. The van der Waals surface area contributed by atoms with Gasteiger partial charge in [-0.05, 0) is 49.5 Å². The van der Waals surface area contributed by atoms with Crippen molar-refractivity contribution in [1.82, 2.24) is 10.2 Å². The lowest BCUT2D eigenvalue weighted by Gasteiger charge is -2.38. The van der Waals surface area contributed by atoms with Gasteiger partial charge < -0.3 is 10.2 Å². The molecule has 0 radical (unpaired) electrons. The molecule has 1 N–H and O–H groups in total. The summed E-state index contributed by atoms with van der Waals surface area (Å²) in [6, 6.07) is 7.70. The van der Waals surface area contributed by atoms with Crippen molar-refractivity contribution < 1.29 is 4.39 Å². The number of nitrogens with zero attached hydrogens (tertiary/aromatic N) is 1. The highest BCUT2D eigenvalue weighted by molar-refractivity contribution is 5.22. The van der Waals surface area contributed by atoms with E-state index in [-0.39, 0.29) is 17.3 Å². The average Bonchev–Trinajstić information content (AvgIpc) is 2.36. The highest BCUT2D eigenvalue weighted by Crippen LogP contribution is 2.33. The van der Waals surface area contributed by atoms with Crippen LogP contribution < -0.4 is 5.32 Å². The minimum absolute atomic E-state index is 0.105. The van der Waals surface area contributed by atoms with E-state index in [9.17, 15) is 4.39 Å². The molecular formula is C17H27FN2. The Morgan fingerprint density at radius 1 is 1.25 bits per heavy atom. The lowest BCUT2D eigenvalue weighted by atomic mass is 9.81. The summed E-state index contributed by atoms with van der Waals surface area (Å²) >= 11 is 0. The topological polar surface area (TPSA) is 15.3 Å². The Bertz CT molecular complexity index is 422. The van der Waals surface area contributed by atoms with Crippen molar-refractivity contribution >= 4 is 0 Å². The Labute approximate surface area is 122 Å². The van der Waals surface area contributed by atoms with Gasteiger partial charge in [0.25, 0.3) is 0 Å². The molecule has 1 saturated heterocycles. The molecule has 2 atom stereocenters. The monoisotopic (exact) mass is 278 g/mol. The molecule has 1 aliphatic rings. The van der Waals surface area contributed by atoms with E-state index >= 15 is 0 Å². The third-order valence-corrected chi connectivity index (χ3v) is 4.10. The van der Waals surface area contributed by atoms with E-state index in [1.807, 2.05) is 12.1 Å². The smallest absolute Gasteiger partial charge is 0.123 e. The first kappa shape index (κ1) is 15.5. The molecule has 1 heterocycles. The lowest BCUT2D eigenvalue weighted by Crippen LogP contribution is -2.47. The van der Waals surface area contributed by atoms with E-state index in [0.717, 1.165) is 6.54 Å². The normalized spacial score (nSPS) is 22.8. The molecule has 0 saturated carbocycles. The molecule has 2 unspecified atom stereocenters. The second kappa shape index (κ2) is 6.23. The van der Waals surface area contributed by atoms with Crippen molar-refractivity contribution in [3.05, 3.63) is 35.6 Å².